The van der Waals surface area contributed by atoms with E-state index in [0.29, 0.717) is 29.8 Å². The molecule has 0 spiro atoms. The zero-order chi connectivity index (χ0) is 25.6. The summed E-state index contributed by atoms with van der Waals surface area (Å²) in [5.74, 6) is -3.29. The molecule has 1 aromatic heterocycles. The quantitative estimate of drug-likeness (QED) is 0.361. The van der Waals surface area contributed by atoms with Crippen LogP contribution in [0.5, 0.6) is 5.75 Å². The number of aliphatic carboxylic acids is 2. The number of aromatic hydroxyl groups is 1. The maximum Gasteiger partial charge on any atom is 0.336 e. The first-order valence-electron chi connectivity index (χ1n) is 10.6. The number of hydrogen-bond donors (Lipinski definition) is 5. The Balaban J connectivity index is 0.000000461. The van der Waals surface area contributed by atoms with Crippen molar-refractivity contribution in [2.75, 3.05) is 0 Å². The fraction of sp³-hybridized carbons (Fsp3) is 0.522. The Morgan fingerprint density at radius 1 is 1.00 bits per heavy atom. The molecule has 0 saturated carbocycles. The van der Waals surface area contributed by atoms with Crippen molar-refractivity contribution in [3.63, 3.8) is 0 Å². The number of benzene rings is 1. The van der Waals surface area contributed by atoms with Crippen molar-refractivity contribution in [3.8, 4) is 5.75 Å². The van der Waals surface area contributed by atoms with Crippen LogP contribution >= 0.6 is 0 Å². The van der Waals surface area contributed by atoms with Crippen LogP contribution in [0.15, 0.2) is 21.3 Å². The molecule has 0 aliphatic rings. The molecule has 10 nitrogen and oxygen atoms in total. The van der Waals surface area contributed by atoms with Gasteiger partial charge < -0.3 is 29.9 Å². The van der Waals surface area contributed by atoms with E-state index in [-0.39, 0.29) is 11.4 Å². The van der Waals surface area contributed by atoms with Crippen molar-refractivity contribution in [2.24, 2.45) is 0 Å². The number of carbonyl (C=O) groups is 2. The molecule has 1 heterocycles. The molecule has 0 amide bonds. The van der Waals surface area contributed by atoms with Gasteiger partial charge in [0.2, 0.25) is 0 Å². The summed E-state index contributed by atoms with van der Waals surface area (Å²) in [6.07, 6.45) is -3.80. The molecule has 2 unspecified atom stereocenters. The second-order valence-electron chi connectivity index (χ2n) is 8.27. The normalized spacial score (nSPS) is 13.2. The highest BCUT2D eigenvalue weighted by molar-refractivity contribution is 5.86. The minimum absolute atomic E-state index is 0.250. The molecule has 1 aromatic carbocycles. The average molecular weight is 468 g/mol. The van der Waals surface area contributed by atoms with Crippen molar-refractivity contribution < 1.29 is 39.5 Å². The number of hydrogen-bond acceptors (Lipinski definition) is 8. The molecule has 10 heteroatoms. The molecule has 33 heavy (non-hydrogen) atoms. The number of phenolic OH excluding ortho intramolecular Hbond substituents is 1. The van der Waals surface area contributed by atoms with Crippen LogP contribution in [0.25, 0.3) is 11.0 Å². The van der Waals surface area contributed by atoms with E-state index < -0.39 is 24.1 Å². The van der Waals surface area contributed by atoms with Crippen LogP contribution in [0, 0.1) is 6.92 Å². The van der Waals surface area contributed by atoms with Gasteiger partial charge >= 0.3 is 17.6 Å². The maximum atomic E-state index is 11.8. The van der Waals surface area contributed by atoms with Crippen molar-refractivity contribution in [2.45, 2.75) is 78.8 Å². The summed E-state index contributed by atoms with van der Waals surface area (Å²) in [5.41, 5.74) is 2.61. The molecule has 0 fully saturated rings. The molecular formula is C23H33NO9. The lowest BCUT2D eigenvalue weighted by molar-refractivity contribution is -0.165. The van der Waals surface area contributed by atoms with Crippen LogP contribution in [0.1, 0.15) is 51.3 Å². The van der Waals surface area contributed by atoms with Gasteiger partial charge in [-0.05, 0) is 58.2 Å². The van der Waals surface area contributed by atoms with E-state index in [4.69, 9.17) is 24.8 Å². The molecule has 184 valence electrons. The lowest BCUT2D eigenvalue weighted by Crippen LogP contribution is -2.39. The molecular weight excluding hydrogens is 434 g/mol. The van der Waals surface area contributed by atoms with Gasteiger partial charge in [-0.15, -0.1) is 0 Å². The molecule has 0 aliphatic heterocycles. The summed E-state index contributed by atoms with van der Waals surface area (Å²) in [7, 11) is 0. The number of aryl methyl sites for hydroxylation is 2. The zero-order valence-electron chi connectivity index (χ0n) is 19.7. The van der Waals surface area contributed by atoms with Crippen LogP contribution in [0.2, 0.25) is 0 Å². The lowest BCUT2D eigenvalue weighted by atomic mass is 9.99. The van der Waals surface area contributed by atoms with Crippen LogP contribution in [-0.4, -0.2) is 66.7 Å². The summed E-state index contributed by atoms with van der Waals surface area (Å²) in [6, 6.07) is 4.09. The summed E-state index contributed by atoms with van der Waals surface area (Å²) >= 11 is 0. The van der Waals surface area contributed by atoms with E-state index in [0.717, 1.165) is 22.9 Å². The summed E-state index contributed by atoms with van der Waals surface area (Å²) < 4.78 is 5.47. The van der Waals surface area contributed by atoms with E-state index in [9.17, 15) is 19.5 Å². The molecule has 0 aliphatic carbocycles. The Morgan fingerprint density at radius 2 is 1.48 bits per heavy atom. The smallest absolute Gasteiger partial charge is 0.336 e. The van der Waals surface area contributed by atoms with E-state index in [1.54, 1.807) is 0 Å². The van der Waals surface area contributed by atoms with Gasteiger partial charge in [0.1, 0.15) is 11.3 Å². The number of rotatable bonds is 8. The van der Waals surface area contributed by atoms with E-state index in [2.05, 4.69) is 32.6 Å². The first kappa shape index (κ1) is 28.1. The summed E-state index contributed by atoms with van der Waals surface area (Å²) in [6.45, 7) is 13.0. The highest BCUT2D eigenvalue weighted by Gasteiger charge is 2.29. The number of nitrogens with zero attached hydrogens (tertiary/aromatic N) is 1. The predicted molar refractivity (Wildman–Crippen MR) is 121 cm³/mol. The van der Waals surface area contributed by atoms with Gasteiger partial charge in [0, 0.05) is 30.1 Å². The third-order valence-corrected chi connectivity index (χ3v) is 5.24. The average Bonchev–Trinajstić information content (AvgIpc) is 2.71. The highest BCUT2D eigenvalue weighted by Crippen LogP contribution is 2.34. The van der Waals surface area contributed by atoms with Gasteiger partial charge in [0.25, 0.3) is 0 Å². The van der Waals surface area contributed by atoms with Gasteiger partial charge in [-0.1, -0.05) is 6.92 Å². The standard InChI is InChI=1S/C19H27NO3.C4H6O6/c1-7-14-9-15-13(6)8-17(21)23-19(15)16(18(14)22)10-20(11(2)3)12(4)5;5-1(3(7)8)2(6)4(9)10/h8-9,11-12,22H,7,10H2,1-6H3;1-2,5-6H,(H,7,8)(H,9,10). The maximum absolute atomic E-state index is 11.8. The second kappa shape index (κ2) is 11.8. The first-order chi connectivity index (χ1) is 15.2. The zero-order valence-corrected chi connectivity index (χ0v) is 19.7. The van der Waals surface area contributed by atoms with Gasteiger partial charge in [-0.2, -0.15) is 0 Å². The van der Waals surface area contributed by atoms with Crippen molar-refractivity contribution in [3.05, 3.63) is 39.2 Å². The van der Waals surface area contributed by atoms with E-state index in [1.165, 1.54) is 6.07 Å². The Bertz CT molecular complexity index is 1020. The molecule has 0 bridgehead atoms. The monoisotopic (exact) mass is 467 g/mol. The summed E-state index contributed by atoms with van der Waals surface area (Å²) in [4.78, 5) is 33.6. The van der Waals surface area contributed by atoms with Gasteiger partial charge in [-0.25, -0.2) is 14.4 Å². The largest absolute Gasteiger partial charge is 0.507 e. The third-order valence-electron chi connectivity index (χ3n) is 5.24. The number of carboxylic acids is 2. The first-order valence-corrected chi connectivity index (χ1v) is 10.6. The third kappa shape index (κ3) is 7.01. The predicted octanol–water partition coefficient (Wildman–Crippen LogP) is 1.87. The number of aliphatic hydroxyl groups is 2. The van der Waals surface area contributed by atoms with Gasteiger partial charge in [0.15, 0.2) is 12.2 Å². The number of aliphatic hydroxyl groups excluding tert-OH is 2. The number of phenols is 1. The molecule has 2 atom stereocenters. The van der Waals surface area contributed by atoms with Crippen molar-refractivity contribution >= 4 is 22.9 Å². The Kier molecular flexibility index (Phi) is 10.0. The topological polar surface area (TPSA) is 169 Å². The fourth-order valence-corrected chi connectivity index (χ4v) is 3.40. The number of fused-ring (bicyclic) bond motifs is 1. The van der Waals surface area contributed by atoms with Crippen LogP contribution in [0.3, 0.4) is 0 Å². The van der Waals surface area contributed by atoms with Crippen LogP contribution in [-0.2, 0) is 22.6 Å². The van der Waals surface area contributed by atoms with Gasteiger partial charge in [0.05, 0.1) is 5.56 Å². The molecule has 0 saturated heterocycles. The Hall–Kier alpha value is -2.95. The molecule has 2 rings (SSSR count). The van der Waals surface area contributed by atoms with Crippen LogP contribution in [0.4, 0.5) is 0 Å². The Labute approximate surface area is 191 Å². The minimum Gasteiger partial charge on any atom is -0.507 e. The van der Waals surface area contributed by atoms with Gasteiger partial charge in [-0.3, -0.25) is 4.90 Å². The second-order valence-corrected chi connectivity index (χ2v) is 8.27. The fourth-order valence-electron chi connectivity index (χ4n) is 3.40. The molecule has 2 aromatic rings. The van der Waals surface area contributed by atoms with Crippen molar-refractivity contribution in [1.82, 2.24) is 4.90 Å². The van der Waals surface area contributed by atoms with E-state index >= 15 is 0 Å². The summed E-state index contributed by atoms with van der Waals surface area (Å²) in [5, 5.41) is 44.1. The molecule has 0 radical (unpaired) electrons. The lowest BCUT2D eigenvalue weighted by Gasteiger charge is -2.31. The number of carboxylic acid groups (broad SMARTS) is 2. The van der Waals surface area contributed by atoms with E-state index in [1.807, 2.05) is 19.9 Å². The van der Waals surface area contributed by atoms with Crippen molar-refractivity contribution in [1.29, 1.82) is 0 Å². The molecule has 5 N–H and O–H groups in total. The SMILES string of the molecule is CCc1cc2c(C)cc(=O)oc2c(CN(C(C)C)C(C)C)c1O.O=C(O)C(O)C(O)C(=O)O. The highest BCUT2D eigenvalue weighted by atomic mass is 16.4. The van der Waals surface area contributed by atoms with Crippen LogP contribution < -0.4 is 5.63 Å². The Morgan fingerprint density at radius 3 is 1.88 bits per heavy atom. The minimum atomic E-state index is -2.27.